The maximum atomic E-state index is 11.4. The molecule has 5 heteroatoms. The number of hydrazone groups is 1. The first kappa shape index (κ1) is 11.9. The number of rotatable bonds is 2. The SMILES string of the molecule is CNC(=O)Nc1cccc2ccc(C=NN)cc12. The van der Waals surface area contributed by atoms with Crippen molar-refractivity contribution in [1.29, 1.82) is 0 Å². The van der Waals surface area contributed by atoms with E-state index in [1.165, 1.54) is 0 Å². The summed E-state index contributed by atoms with van der Waals surface area (Å²) in [7, 11) is 1.58. The molecule has 0 fully saturated rings. The van der Waals surface area contributed by atoms with Crippen molar-refractivity contribution in [3.63, 3.8) is 0 Å². The summed E-state index contributed by atoms with van der Waals surface area (Å²) >= 11 is 0. The summed E-state index contributed by atoms with van der Waals surface area (Å²) < 4.78 is 0. The van der Waals surface area contributed by atoms with E-state index in [-0.39, 0.29) is 6.03 Å². The van der Waals surface area contributed by atoms with E-state index in [0.717, 1.165) is 22.0 Å². The van der Waals surface area contributed by atoms with Crippen LogP contribution in [0.3, 0.4) is 0 Å². The Hall–Kier alpha value is -2.56. The first-order valence-corrected chi connectivity index (χ1v) is 5.49. The molecule has 0 saturated carbocycles. The highest BCUT2D eigenvalue weighted by Gasteiger charge is 2.04. The molecule has 5 nitrogen and oxygen atoms in total. The van der Waals surface area contributed by atoms with Crippen LogP contribution in [0.2, 0.25) is 0 Å². The molecule has 2 aromatic carbocycles. The summed E-state index contributed by atoms with van der Waals surface area (Å²) in [6, 6.07) is 11.3. The summed E-state index contributed by atoms with van der Waals surface area (Å²) in [5, 5.41) is 10.8. The molecular weight excluding hydrogens is 228 g/mol. The Morgan fingerprint density at radius 3 is 2.89 bits per heavy atom. The third kappa shape index (κ3) is 2.40. The molecule has 0 unspecified atom stereocenters. The van der Waals surface area contributed by atoms with Crippen LogP contribution in [-0.2, 0) is 0 Å². The van der Waals surface area contributed by atoms with E-state index in [4.69, 9.17) is 5.84 Å². The monoisotopic (exact) mass is 242 g/mol. The van der Waals surface area contributed by atoms with Gasteiger partial charge < -0.3 is 16.5 Å². The minimum atomic E-state index is -0.250. The highest BCUT2D eigenvalue weighted by Crippen LogP contribution is 2.24. The predicted molar refractivity (Wildman–Crippen MR) is 73.8 cm³/mol. The molecule has 2 aromatic rings. The Kier molecular flexibility index (Phi) is 3.43. The van der Waals surface area contributed by atoms with Gasteiger partial charge in [-0.3, -0.25) is 0 Å². The van der Waals surface area contributed by atoms with E-state index >= 15 is 0 Å². The van der Waals surface area contributed by atoms with Crippen LogP contribution < -0.4 is 16.5 Å². The van der Waals surface area contributed by atoms with Crippen LogP contribution >= 0.6 is 0 Å². The molecule has 0 spiro atoms. The smallest absolute Gasteiger partial charge is 0.318 e. The molecule has 18 heavy (non-hydrogen) atoms. The molecular formula is C13H14N4O. The predicted octanol–water partition coefficient (Wildman–Crippen LogP) is 1.88. The molecule has 0 heterocycles. The van der Waals surface area contributed by atoms with Gasteiger partial charge >= 0.3 is 6.03 Å². The maximum absolute atomic E-state index is 11.4. The zero-order valence-corrected chi connectivity index (χ0v) is 9.97. The molecule has 0 radical (unpaired) electrons. The minimum Gasteiger partial charge on any atom is -0.341 e. The fraction of sp³-hybridized carbons (Fsp3) is 0.0769. The summed E-state index contributed by atoms with van der Waals surface area (Å²) in [4.78, 5) is 11.4. The van der Waals surface area contributed by atoms with Crippen molar-refractivity contribution < 1.29 is 4.79 Å². The van der Waals surface area contributed by atoms with Crippen molar-refractivity contribution >= 4 is 28.7 Å². The Balaban J connectivity index is 2.51. The number of urea groups is 1. The van der Waals surface area contributed by atoms with E-state index in [1.54, 1.807) is 13.3 Å². The van der Waals surface area contributed by atoms with E-state index in [2.05, 4.69) is 15.7 Å². The lowest BCUT2D eigenvalue weighted by atomic mass is 10.1. The molecule has 0 saturated heterocycles. The second-order valence-electron chi connectivity index (χ2n) is 3.77. The van der Waals surface area contributed by atoms with E-state index in [1.807, 2.05) is 36.4 Å². The highest BCUT2D eigenvalue weighted by atomic mass is 16.2. The Morgan fingerprint density at radius 1 is 1.33 bits per heavy atom. The fourth-order valence-electron chi connectivity index (χ4n) is 1.75. The van der Waals surface area contributed by atoms with Gasteiger partial charge in [0, 0.05) is 12.4 Å². The van der Waals surface area contributed by atoms with Gasteiger partial charge in [-0.2, -0.15) is 5.10 Å². The average molecular weight is 242 g/mol. The first-order chi connectivity index (χ1) is 8.74. The second kappa shape index (κ2) is 5.18. The quantitative estimate of drug-likeness (QED) is 0.427. The Labute approximate surface area is 105 Å². The molecule has 0 atom stereocenters. The van der Waals surface area contributed by atoms with Gasteiger partial charge in [-0.15, -0.1) is 0 Å². The van der Waals surface area contributed by atoms with Crippen molar-refractivity contribution in [2.75, 3.05) is 12.4 Å². The number of fused-ring (bicyclic) bond motifs is 1. The lowest BCUT2D eigenvalue weighted by Crippen LogP contribution is -2.24. The van der Waals surface area contributed by atoms with Crippen LogP contribution in [0.4, 0.5) is 10.5 Å². The highest BCUT2D eigenvalue weighted by molar-refractivity contribution is 6.03. The summed E-state index contributed by atoms with van der Waals surface area (Å²) in [6.07, 6.45) is 1.57. The van der Waals surface area contributed by atoms with E-state index < -0.39 is 0 Å². The van der Waals surface area contributed by atoms with E-state index in [0.29, 0.717) is 0 Å². The van der Waals surface area contributed by atoms with Gasteiger partial charge in [0.2, 0.25) is 0 Å². The van der Waals surface area contributed by atoms with Gasteiger partial charge in [-0.25, -0.2) is 4.79 Å². The average Bonchev–Trinajstić information content (AvgIpc) is 2.39. The lowest BCUT2D eigenvalue weighted by molar-refractivity contribution is 0.254. The van der Waals surface area contributed by atoms with Crippen molar-refractivity contribution in [1.82, 2.24) is 5.32 Å². The first-order valence-electron chi connectivity index (χ1n) is 5.49. The van der Waals surface area contributed by atoms with Crippen LogP contribution in [0, 0.1) is 0 Å². The van der Waals surface area contributed by atoms with Crippen molar-refractivity contribution in [2.45, 2.75) is 0 Å². The van der Waals surface area contributed by atoms with Crippen LogP contribution in [0.25, 0.3) is 10.8 Å². The van der Waals surface area contributed by atoms with E-state index in [9.17, 15) is 4.79 Å². The zero-order chi connectivity index (χ0) is 13.0. The third-order valence-electron chi connectivity index (χ3n) is 2.61. The van der Waals surface area contributed by atoms with Crippen LogP contribution in [0.1, 0.15) is 5.56 Å². The van der Waals surface area contributed by atoms with Gasteiger partial charge in [0.15, 0.2) is 0 Å². The molecule has 92 valence electrons. The number of amides is 2. The van der Waals surface area contributed by atoms with Crippen molar-refractivity contribution in [3.05, 3.63) is 42.0 Å². The molecule has 0 aliphatic rings. The van der Waals surface area contributed by atoms with Gasteiger partial charge in [-0.05, 0) is 23.1 Å². The van der Waals surface area contributed by atoms with Gasteiger partial charge in [0.25, 0.3) is 0 Å². The van der Waals surface area contributed by atoms with Gasteiger partial charge in [0.1, 0.15) is 0 Å². The number of nitrogens with two attached hydrogens (primary N) is 1. The minimum absolute atomic E-state index is 0.250. The summed E-state index contributed by atoms with van der Waals surface area (Å²) in [5.41, 5.74) is 1.63. The van der Waals surface area contributed by atoms with Crippen molar-refractivity contribution in [2.24, 2.45) is 10.9 Å². The molecule has 0 aromatic heterocycles. The normalized spacial score (nSPS) is 10.7. The molecule has 2 amide bonds. The van der Waals surface area contributed by atoms with Crippen molar-refractivity contribution in [3.8, 4) is 0 Å². The number of anilines is 1. The maximum Gasteiger partial charge on any atom is 0.318 e. The Morgan fingerprint density at radius 2 is 2.17 bits per heavy atom. The van der Waals surface area contributed by atoms with Crippen LogP contribution in [0.15, 0.2) is 41.5 Å². The molecule has 2 rings (SSSR count). The molecule has 0 aliphatic carbocycles. The molecule has 0 aliphatic heterocycles. The number of benzene rings is 2. The molecule has 0 bridgehead atoms. The summed E-state index contributed by atoms with van der Waals surface area (Å²) in [5.74, 6) is 5.13. The number of hydrogen-bond acceptors (Lipinski definition) is 3. The van der Waals surface area contributed by atoms with Gasteiger partial charge in [-0.1, -0.05) is 24.3 Å². The molecule has 4 N–H and O–H groups in total. The fourth-order valence-corrected chi connectivity index (χ4v) is 1.75. The largest absolute Gasteiger partial charge is 0.341 e. The third-order valence-corrected chi connectivity index (χ3v) is 2.61. The number of nitrogens with zero attached hydrogens (tertiary/aromatic N) is 1. The standard InChI is InChI=1S/C13H14N4O/c1-15-13(18)17-12-4-2-3-10-6-5-9(8-16-14)7-11(10)12/h2-8H,14H2,1H3,(H2,15,17,18). The zero-order valence-electron chi connectivity index (χ0n) is 9.97. The second-order valence-corrected chi connectivity index (χ2v) is 3.77. The number of nitrogens with one attached hydrogen (secondary N) is 2. The number of hydrogen-bond donors (Lipinski definition) is 3. The van der Waals surface area contributed by atoms with Crippen LogP contribution in [0.5, 0.6) is 0 Å². The van der Waals surface area contributed by atoms with Crippen LogP contribution in [-0.4, -0.2) is 19.3 Å². The lowest BCUT2D eigenvalue weighted by Gasteiger charge is -2.08. The Bertz CT molecular complexity index is 607. The summed E-state index contributed by atoms with van der Waals surface area (Å²) in [6.45, 7) is 0. The van der Waals surface area contributed by atoms with Gasteiger partial charge in [0.05, 0.1) is 11.9 Å². The number of carbonyl (C=O) groups excluding carboxylic acids is 1. The number of carbonyl (C=O) groups is 1. The topological polar surface area (TPSA) is 79.5 Å².